The number of carbonyl (C=O) groups is 3. The lowest BCUT2D eigenvalue weighted by Gasteiger charge is -2.30. The largest absolute Gasteiger partial charge is 0.466 e. The second-order valence-corrected chi connectivity index (χ2v) is 12.8. The first-order valence-corrected chi connectivity index (χ1v) is 15.7. The molecule has 2 aromatic rings. The van der Waals surface area contributed by atoms with E-state index in [-0.39, 0.29) is 24.1 Å². The average Bonchev–Trinajstić information content (AvgIpc) is 2.93. The number of rotatable bonds is 10. The van der Waals surface area contributed by atoms with Gasteiger partial charge in [-0.3, -0.25) is 4.79 Å². The van der Waals surface area contributed by atoms with Gasteiger partial charge in [-0.2, -0.15) is 8.42 Å². The standard InChI is InChI=1S/C32H39NO8S/c1-32(2,3)40-30(35)19-16-24-14-17-26(28(21-24)41-42(5,37)38)22-33(31(36)25-11-7-6-8-12-25)27-13-9-10-23(20-27)15-18-29(34)39-4/h9-10,13-21,25H,6-8,11-12,22H2,1-5H3/b18-15+,19-16+. The number of anilines is 1. The monoisotopic (exact) mass is 597 g/mol. The number of ether oxygens (including phenoxy) is 2. The molecule has 0 N–H and O–H groups in total. The highest BCUT2D eigenvalue weighted by Crippen LogP contribution is 2.32. The molecule has 0 atom stereocenters. The summed E-state index contributed by atoms with van der Waals surface area (Å²) in [5.41, 5.74) is 1.61. The molecule has 0 radical (unpaired) electrons. The van der Waals surface area contributed by atoms with Gasteiger partial charge in [-0.15, -0.1) is 0 Å². The maximum absolute atomic E-state index is 13.9. The van der Waals surface area contributed by atoms with Crippen molar-refractivity contribution in [3.63, 3.8) is 0 Å². The number of methoxy groups -OCH3 is 1. The molecular formula is C32H39NO8S. The van der Waals surface area contributed by atoms with Crippen molar-refractivity contribution in [1.82, 2.24) is 0 Å². The Bertz CT molecular complexity index is 1450. The molecule has 0 aliphatic heterocycles. The summed E-state index contributed by atoms with van der Waals surface area (Å²) in [4.78, 5) is 39.3. The van der Waals surface area contributed by atoms with Gasteiger partial charge in [0.1, 0.15) is 11.4 Å². The third-order valence-corrected chi connectivity index (χ3v) is 6.98. The highest BCUT2D eigenvalue weighted by molar-refractivity contribution is 7.86. The van der Waals surface area contributed by atoms with E-state index in [1.54, 1.807) is 68.1 Å². The van der Waals surface area contributed by atoms with Gasteiger partial charge in [0, 0.05) is 29.3 Å². The third-order valence-electron chi connectivity index (χ3n) is 6.49. The maximum atomic E-state index is 13.9. The molecule has 10 heteroatoms. The van der Waals surface area contributed by atoms with E-state index in [4.69, 9.17) is 8.92 Å². The number of hydrogen-bond donors (Lipinski definition) is 0. The Balaban J connectivity index is 2.01. The van der Waals surface area contributed by atoms with Crippen molar-refractivity contribution in [2.45, 2.75) is 65.0 Å². The Hall–Kier alpha value is -3.92. The number of amides is 1. The first-order chi connectivity index (χ1) is 19.7. The molecule has 1 saturated carbocycles. The second-order valence-electron chi connectivity index (χ2n) is 11.2. The van der Waals surface area contributed by atoms with Crippen LogP contribution in [0, 0.1) is 5.92 Å². The number of nitrogens with zero attached hydrogens (tertiary/aromatic N) is 1. The SMILES string of the molecule is COC(=O)/C=C/c1cccc(N(Cc2ccc(/C=C/C(=O)OC(C)(C)C)cc2OS(C)(=O)=O)C(=O)C2CCCCC2)c1. The van der Waals surface area contributed by atoms with Crippen molar-refractivity contribution in [2.24, 2.45) is 5.92 Å². The van der Waals surface area contributed by atoms with E-state index in [1.165, 1.54) is 31.4 Å². The van der Waals surface area contributed by atoms with E-state index in [0.717, 1.165) is 38.4 Å². The number of esters is 2. The van der Waals surface area contributed by atoms with E-state index >= 15 is 0 Å². The summed E-state index contributed by atoms with van der Waals surface area (Å²) in [6, 6.07) is 12.1. The molecule has 9 nitrogen and oxygen atoms in total. The molecule has 226 valence electrons. The van der Waals surface area contributed by atoms with Crippen LogP contribution in [0.4, 0.5) is 5.69 Å². The van der Waals surface area contributed by atoms with Gasteiger partial charge in [-0.05, 0) is 75.1 Å². The molecule has 1 aliphatic rings. The average molecular weight is 598 g/mol. The molecule has 0 unspecified atom stereocenters. The van der Waals surface area contributed by atoms with Gasteiger partial charge in [-0.25, -0.2) is 9.59 Å². The highest BCUT2D eigenvalue weighted by Gasteiger charge is 2.28. The molecule has 0 bridgehead atoms. The molecule has 0 heterocycles. The Labute approximate surface area is 248 Å². The van der Waals surface area contributed by atoms with Gasteiger partial charge in [-0.1, -0.05) is 43.5 Å². The summed E-state index contributed by atoms with van der Waals surface area (Å²) in [5, 5.41) is 0. The summed E-state index contributed by atoms with van der Waals surface area (Å²) in [6.07, 6.45) is 11.2. The molecule has 1 amide bonds. The summed E-state index contributed by atoms with van der Waals surface area (Å²) in [7, 11) is -2.62. The lowest BCUT2D eigenvalue weighted by molar-refractivity contribution is -0.148. The lowest BCUT2D eigenvalue weighted by Crippen LogP contribution is -2.37. The molecule has 1 fully saturated rings. The Morgan fingerprint density at radius 3 is 2.19 bits per heavy atom. The fraction of sp³-hybridized carbons (Fsp3) is 0.406. The third kappa shape index (κ3) is 10.5. The zero-order valence-electron chi connectivity index (χ0n) is 24.8. The van der Waals surface area contributed by atoms with Crippen molar-refractivity contribution in [1.29, 1.82) is 0 Å². The van der Waals surface area contributed by atoms with Crippen LogP contribution in [0.2, 0.25) is 0 Å². The molecule has 2 aromatic carbocycles. The molecule has 3 rings (SSSR count). The summed E-state index contributed by atoms with van der Waals surface area (Å²) < 4.78 is 39.7. The predicted molar refractivity (Wildman–Crippen MR) is 162 cm³/mol. The van der Waals surface area contributed by atoms with Crippen LogP contribution in [0.3, 0.4) is 0 Å². The van der Waals surface area contributed by atoms with Crippen LogP contribution in [0.5, 0.6) is 5.75 Å². The normalized spacial score (nSPS) is 14.6. The van der Waals surface area contributed by atoms with E-state index in [1.807, 2.05) is 0 Å². The van der Waals surface area contributed by atoms with Gasteiger partial charge in [0.15, 0.2) is 0 Å². The number of benzene rings is 2. The fourth-order valence-electron chi connectivity index (χ4n) is 4.61. The van der Waals surface area contributed by atoms with E-state index in [9.17, 15) is 22.8 Å². The molecule has 0 saturated heterocycles. The minimum Gasteiger partial charge on any atom is -0.466 e. The van der Waals surface area contributed by atoms with Crippen molar-refractivity contribution in [2.75, 3.05) is 18.3 Å². The van der Waals surface area contributed by atoms with Crippen LogP contribution >= 0.6 is 0 Å². The Morgan fingerprint density at radius 2 is 1.57 bits per heavy atom. The number of hydrogen-bond acceptors (Lipinski definition) is 8. The van der Waals surface area contributed by atoms with Crippen LogP contribution in [0.1, 0.15) is 69.6 Å². The van der Waals surface area contributed by atoms with Crippen molar-refractivity contribution < 1.29 is 36.5 Å². The molecule has 0 aromatic heterocycles. The Kier molecular flexibility index (Phi) is 11.1. The maximum Gasteiger partial charge on any atom is 0.331 e. The van der Waals surface area contributed by atoms with Crippen LogP contribution in [-0.2, 0) is 40.5 Å². The Morgan fingerprint density at radius 1 is 0.929 bits per heavy atom. The van der Waals surface area contributed by atoms with Crippen LogP contribution in [-0.4, -0.2) is 45.2 Å². The summed E-state index contributed by atoms with van der Waals surface area (Å²) in [5.74, 6) is -1.22. The molecule has 42 heavy (non-hydrogen) atoms. The molecule has 1 aliphatic carbocycles. The smallest absolute Gasteiger partial charge is 0.331 e. The number of carbonyl (C=O) groups excluding carboxylic acids is 3. The van der Waals surface area contributed by atoms with E-state index in [0.29, 0.717) is 22.4 Å². The minimum absolute atomic E-state index is 0.0421. The quantitative estimate of drug-likeness (QED) is 0.195. The van der Waals surface area contributed by atoms with Gasteiger partial charge in [0.25, 0.3) is 0 Å². The molecular weight excluding hydrogens is 558 g/mol. The van der Waals surface area contributed by atoms with E-state index < -0.39 is 27.7 Å². The fourth-order valence-corrected chi connectivity index (χ4v) is 5.09. The zero-order valence-corrected chi connectivity index (χ0v) is 25.6. The van der Waals surface area contributed by atoms with Gasteiger partial charge in [0.05, 0.1) is 19.9 Å². The lowest BCUT2D eigenvalue weighted by atomic mass is 9.88. The highest BCUT2D eigenvalue weighted by atomic mass is 32.2. The van der Waals surface area contributed by atoms with Gasteiger partial charge in [0.2, 0.25) is 5.91 Å². The van der Waals surface area contributed by atoms with Crippen LogP contribution in [0.15, 0.2) is 54.6 Å². The second kappa shape index (κ2) is 14.3. The van der Waals surface area contributed by atoms with Crippen molar-refractivity contribution >= 4 is 45.8 Å². The topological polar surface area (TPSA) is 116 Å². The van der Waals surface area contributed by atoms with Crippen LogP contribution in [0.25, 0.3) is 12.2 Å². The van der Waals surface area contributed by atoms with Crippen molar-refractivity contribution in [3.8, 4) is 5.75 Å². The molecule has 0 spiro atoms. The minimum atomic E-state index is -3.91. The van der Waals surface area contributed by atoms with E-state index in [2.05, 4.69) is 4.74 Å². The van der Waals surface area contributed by atoms with Gasteiger partial charge < -0.3 is 18.6 Å². The first-order valence-electron chi connectivity index (χ1n) is 13.8. The summed E-state index contributed by atoms with van der Waals surface area (Å²) >= 11 is 0. The van der Waals surface area contributed by atoms with Crippen molar-refractivity contribution in [3.05, 3.63) is 71.3 Å². The first kappa shape index (κ1) is 32.6. The van der Waals surface area contributed by atoms with Crippen LogP contribution < -0.4 is 9.08 Å². The summed E-state index contributed by atoms with van der Waals surface area (Å²) in [6.45, 7) is 5.33. The van der Waals surface area contributed by atoms with Gasteiger partial charge >= 0.3 is 22.1 Å². The predicted octanol–water partition coefficient (Wildman–Crippen LogP) is 5.68. The zero-order chi connectivity index (χ0) is 30.9.